The minimum Gasteiger partial charge on any atom is -0.342 e. The minimum absolute atomic E-state index is 0.228. The third-order valence-electron chi connectivity index (χ3n) is 3.98. The molecule has 0 radical (unpaired) electrons. The maximum Gasteiger partial charge on any atom is 0.222 e. The second-order valence-electron chi connectivity index (χ2n) is 5.80. The van der Waals surface area contributed by atoms with E-state index < -0.39 is 0 Å². The van der Waals surface area contributed by atoms with Gasteiger partial charge in [-0.25, -0.2) is 0 Å². The molecule has 1 aliphatic heterocycles. The number of likely N-dealkylation sites (tertiary alicyclic amines) is 1. The highest BCUT2D eigenvalue weighted by Crippen LogP contribution is 2.19. The first kappa shape index (κ1) is 16.8. The molecule has 1 amide bonds. The molecule has 0 aromatic rings. The van der Waals surface area contributed by atoms with Gasteiger partial charge < -0.3 is 4.90 Å². The van der Waals surface area contributed by atoms with Crippen LogP contribution in [0.4, 0.5) is 0 Å². The Hall–Kier alpha value is -1.22. The van der Waals surface area contributed by atoms with Crippen LogP contribution in [-0.2, 0) is 4.79 Å². The molecule has 1 atom stereocenters. The first-order valence-corrected chi connectivity index (χ1v) is 8.06. The van der Waals surface area contributed by atoms with Crippen LogP contribution in [0, 0.1) is 5.92 Å². The number of amides is 1. The van der Waals surface area contributed by atoms with E-state index in [-0.39, 0.29) is 11.8 Å². The average molecular weight is 280 g/mol. The average Bonchev–Trinajstić information content (AvgIpc) is 2.80. The highest BCUT2D eigenvalue weighted by molar-refractivity contribution is 5.78. The van der Waals surface area contributed by atoms with E-state index in [0.717, 1.165) is 19.5 Å². The molecule has 0 aromatic carbocycles. The Labute approximate surface area is 122 Å². The maximum absolute atomic E-state index is 11.8. The summed E-state index contributed by atoms with van der Waals surface area (Å²) in [5, 5.41) is 3.57. The van der Waals surface area contributed by atoms with Gasteiger partial charge in [-0.2, -0.15) is 0 Å². The van der Waals surface area contributed by atoms with Crippen LogP contribution < -0.4 is 0 Å². The van der Waals surface area contributed by atoms with Gasteiger partial charge in [0.1, 0.15) is 0 Å². The molecule has 0 bridgehead atoms. The van der Waals surface area contributed by atoms with Crippen LogP contribution in [0.25, 0.3) is 10.4 Å². The number of hydrogen-bond donors (Lipinski definition) is 0. The number of carbonyl (C=O) groups excluding carboxylic acids is 1. The Morgan fingerprint density at radius 3 is 2.50 bits per heavy atom. The lowest BCUT2D eigenvalue weighted by atomic mass is 10.1. The van der Waals surface area contributed by atoms with Crippen molar-refractivity contribution < 1.29 is 4.79 Å². The van der Waals surface area contributed by atoms with Crippen molar-refractivity contribution in [1.29, 1.82) is 0 Å². The molecule has 1 rings (SSSR count). The van der Waals surface area contributed by atoms with Crippen molar-refractivity contribution in [3.05, 3.63) is 10.4 Å². The number of rotatable bonds is 11. The summed E-state index contributed by atoms with van der Waals surface area (Å²) in [6.45, 7) is 4.34. The maximum atomic E-state index is 11.8. The van der Waals surface area contributed by atoms with E-state index in [0.29, 0.717) is 13.0 Å². The molecule has 114 valence electrons. The largest absolute Gasteiger partial charge is 0.342 e. The van der Waals surface area contributed by atoms with Gasteiger partial charge in [0.05, 0.1) is 0 Å². The summed E-state index contributed by atoms with van der Waals surface area (Å²) in [7, 11) is 0. The van der Waals surface area contributed by atoms with Crippen molar-refractivity contribution in [2.75, 3.05) is 19.6 Å². The predicted molar refractivity (Wildman–Crippen MR) is 81.3 cm³/mol. The second-order valence-corrected chi connectivity index (χ2v) is 5.80. The molecule has 20 heavy (non-hydrogen) atoms. The highest BCUT2D eigenvalue weighted by Gasteiger charge is 2.28. The molecule has 0 aliphatic carbocycles. The predicted octanol–water partition coefficient (Wildman–Crippen LogP) is 4.29. The quantitative estimate of drug-likeness (QED) is 0.241. The zero-order valence-corrected chi connectivity index (χ0v) is 12.8. The third kappa shape index (κ3) is 6.80. The van der Waals surface area contributed by atoms with Crippen molar-refractivity contribution in [2.24, 2.45) is 11.0 Å². The van der Waals surface area contributed by atoms with E-state index in [2.05, 4.69) is 16.9 Å². The first-order valence-electron chi connectivity index (χ1n) is 8.06. The van der Waals surface area contributed by atoms with Gasteiger partial charge >= 0.3 is 0 Å². The summed E-state index contributed by atoms with van der Waals surface area (Å²) in [6, 6.07) is 0. The Morgan fingerprint density at radius 1 is 1.20 bits per heavy atom. The minimum atomic E-state index is 0.228. The number of nitrogens with zero attached hydrogens (tertiary/aromatic N) is 4. The van der Waals surface area contributed by atoms with Crippen molar-refractivity contribution in [2.45, 2.75) is 64.7 Å². The third-order valence-corrected chi connectivity index (χ3v) is 3.98. The van der Waals surface area contributed by atoms with Crippen molar-refractivity contribution in [3.8, 4) is 0 Å². The number of unbranched alkanes of at least 4 members (excludes halogenated alkanes) is 7. The zero-order chi connectivity index (χ0) is 14.6. The molecule has 0 spiro atoms. The van der Waals surface area contributed by atoms with Crippen LogP contribution in [0.2, 0.25) is 0 Å². The lowest BCUT2D eigenvalue weighted by molar-refractivity contribution is -0.127. The van der Waals surface area contributed by atoms with Crippen LogP contribution in [0.1, 0.15) is 64.7 Å². The van der Waals surface area contributed by atoms with Gasteiger partial charge in [-0.1, -0.05) is 57.0 Å². The van der Waals surface area contributed by atoms with Gasteiger partial charge in [-0.15, -0.1) is 0 Å². The van der Waals surface area contributed by atoms with Gasteiger partial charge in [0, 0.05) is 31.0 Å². The van der Waals surface area contributed by atoms with E-state index in [1.807, 2.05) is 4.90 Å². The molecule has 0 saturated carbocycles. The van der Waals surface area contributed by atoms with Crippen LogP contribution in [0.15, 0.2) is 5.11 Å². The summed E-state index contributed by atoms with van der Waals surface area (Å²) >= 11 is 0. The lowest BCUT2D eigenvalue weighted by Crippen LogP contribution is -2.26. The van der Waals surface area contributed by atoms with Gasteiger partial charge in [0.15, 0.2) is 0 Å². The summed E-state index contributed by atoms with van der Waals surface area (Å²) in [4.78, 5) is 16.5. The molecule has 0 N–H and O–H groups in total. The topological polar surface area (TPSA) is 69.1 Å². The molecule has 1 saturated heterocycles. The normalized spacial score (nSPS) is 18.4. The summed E-state index contributed by atoms with van der Waals surface area (Å²) < 4.78 is 0. The van der Waals surface area contributed by atoms with E-state index >= 15 is 0 Å². The Balaban J connectivity index is 2.01. The van der Waals surface area contributed by atoms with E-state index in [9.17, 15) is 4.79 Å². The molecule has 1 fully saturated rings. The standard InChI is InChI=1S/C15H28N4O/c1-2-3-4-5-6-7-8-9-10-19-13-14(11-15(19)20)12-17-18-16/h14H,2-13H2,1H3. The fraction of sp³-hybridized carbons (Fsp3) is 0.933. The Bertz CT molecular complexity index is 326. The molecule has 5 heteroatoms. The van der Waals surface area contributed by atoms with Crippen molar-refractivity contribution in [3.63, 3.8) is 0 Å². The summed E-state index contributed by atoms with van der Waals surface area (Å²) in [5.41, 5.74) is 8.30. The molecule has 1 unspecified atom stereocenters. The lowest BCUT2D eigenvalue weighted by Gasteiger charge is -2.16. The van der Waals surface area contributed by atoms with Crippen LogP contribution in [0.5, 0.6) is 0 Å². The molecular formula is C15H28N4O. The number of hydrogen-bond acceptors (Lipinski definition) is 2. The zero-order valence-electron chi connectivity index (χ0n) is 12.8. The summed E-state index contributed by atoms with van der Waals surface area (Å²) in [5.74, 6) is 0.457. The fourth-order valence-electron chi connectivity index (χ4n) is 2.78. The van der Waals surface area contributed by atoms with E-state index in [1.54, 1.807) is 0 Å². The smallest absolute Gasteiger partial charge is 0.222 e. The molecule has 1 heterocycles. The van der Waals surface area contributed by atoms with Gasteiger partial charge in [-0.3, -0.25) is 4.79 Å². The fourth-order valence-corrected chi connectivity index (χ4v) is 2.78. The Morgan fingerprint density at radius 2 is 1.85 bits per heavy atom. The number of carbonyl (C=O) groups is 1. The number of azide groups is 1. The SMILES string of the molecule is CCCCCCCCCCN1CC(CN=[N+]=[N-])CC1=O. The van der Waals surface area contributed by atoms with Crippen molar-refractivity contribution >= 4 is 5.91 Å². The van der Waals surface area contributed by atoms with E-state index in [4.69, 9.17) is 5.53 Å². The van der Waals surface area contributed by atoms with Crippen LogP contribution in [-0.4, -0.2) is 30.4 Å². The summed E-state index contributed by atoms with van der Waals surface area (Å²) in [6.07, 6.45) is 10.9. The monoisotopic (exact) mass is 280 g/mol. The van der Waals surface area contributed by atoms with E-state index in [1.165, 1.54) is 44.9 Å². The van der Waals surface area contributed by atoms with Crippen molar-refractivity contribution in [1.82, 2.24) is 4.90 Å². The Kier molecular flexibility index (Phi) is 8.88. The molecule has 1 aliphatic rings. The van der Waals surface area contributed by atoms with Gasteiger partial charge in [-0.05, 0) is 17.9 Å². The highest BCUT2D eigenvalue weighted by atomic mass is 16.2. The molecular weight excluding hydrogens is 252 g/mol. The molecule has 5 nitrogen and oxygen atoms in total. The second kappa shape index (κ2) is 10.6. The first-order chi connectivity index (χ1) is 9.77. The van der Waals surface area contributed by atoms with Gasteiger partial charge in [0.25, 0.3) is 0 Å². The molecule has 0 aromatic heterocycles. The van der Waals surface area contributed by atoms with Crippen LogP contribution >= 0.6 is 0 Å². The van der Waals surface area contributed by atoms with Crippen LogP contribution in [0.3, 0.4) is 0 Å². The van der Waals surface area contributed by atoms with Gasteiger partial charge in [0.2, 0.25) is 5.91 Å².